The van der Waals surface area contributed by atoms with Gasteiger partial charge in [-0.2, -0.15) is 0 Å². The molecule has 676 valence electrons. The van der Waals surface area contributed by atoms with Gasteiger partial charge in [0.2, 0.25) is 88.6 Å². The van der Waals surface area contributed by atoms with Crippen molar-refractivity contribution in [3.8, 4) is 5.75 Å². The second kappa shape index (κ2) is 45.2. The van der Waals surface area contributed by atoms with Crippen LogP contribution < -0.4 is 59.3 Å². The van der Waals surface area contributed by atoms with E-state index in [1.807, 2.05) is 6.92 Å². The standard InChI is InChI=1S/C84H114N20O20S/c1-8-10-23-67-84(124)101(6)65(17-9-2)77(117)91-45(3)72(112)99-64(71(86)111)42-125-43-69(108)92-60(31-47-25-27-51(106)28-26-47)80(120)100(5)46(4)73(113)96-62(36-70(109)110)83(123)103-30-16-24-66(103)78(118)95-59(34-50-39-87-44-90-50)75(115)93-57(22-15-29-85)82(122)104-40-52(107)35-68(104)79(119)94-58(32-48-37-88-55-20-13-11-18-53(48)55)74(114)98-63(41-105)76(116)97-61(81(121)102(67)7)33-49-38-89-56-21-14-12-19-54(49)56/h11-14,18-21,25-28,37-39,44-46,52,57-68,88-89,105-107H,8-10,15-17,22-24,29-36,40-43,85H2,1-7H3,(H2,86,111)(H,87,90)(H,91,117)(H,92,108)(H,93,115)(H,94,119)(H,95,118)(H,96,113)(H,97,116)(H,98,114)(H,99,112)(H,109,110). The third kappa shape index (κ3) is 25.4. The molecule has 0 aliphatic carbocycles. The lowest BCUT2D eigenvalue weighted by Crippen LogP contribution is -2.61. The molecular weight excluding hydrogens is 1640 g/mol. The Morgan fingerprint density at radius 2 is 1.10 bits per heavy atom. The van der Waals surface area contributed by atoms with Crippen LogP contribution in [0.1, 0.15) is 121 Å². The van der Waals surface area contributed by atoms with E-state index in [-0.39, 0.29) is 88.8 Å². The van der Waals surface area contributed by atoms with E-state index < -0.39 is 217 Å². The molecule has 0 saturated carbocycles. The Labute approximate surface area is 725 Å². The number of hydrogen-bond acceptors (Lipinski definition) is 22. The van der Waals surface area contributed by atoms with Gasteiger partial charge in [-0.25, -0.2) is 4.98 Å². The highest BCUT2D eigenvalue weighted by Gasteiger charge is 2.46. The maximum atomic E-state index is 15.5. The van der Waals surface area contributed by atoms with Gasteiger partial charge in [-0.1, -0.05) is 81.6 Å². The highest BCUT2D eigenvalue weighted by molar-refractivity contribution is 8.00. The van der Waals surface area contributed by atoms with Crippen molar-refractivity contribution in [2.45, 2.75) is 215 Å². The van der Waals surface area contributed by atoms with Gasteiger partial charge in [0.05, 0.1) is 31.2 Å². The zero-order valence-electron chi connectivity index (χ0n) is 70.8. The largest absolute Gasteiger partial charge is 0.508 e. The summed E-state index contributed by atoms with van der Waals surface area (Å²) in [6, 6.07) is -1.82. The Balaban J connectivity index is 1.06. The Bertz CT molecular complexity index is 4850. The average molecular weight is 1760 g/mol. The molecule has 6 heterocycles. The quantitative estimate of drug-likeness (QED) is 0.0379. The summed E-state index contributed by atoms with van der Waals surface area (Å²) < 4.78 is 0. The van der Waals surface area contributed by atoms with E-state index in [1.54, 1.807) is 67.8 Å². The van der Waals surface area contributed by atoms with Gasteiger partial charge in [-0.05, 0) is 99.9 Å². The summed E-state index contributed by atoms with van der Waals surface area (Å²) in [4.78, 5) is 251. The number of imidazole rings is 1. The first-order valence-corrected chi connectivity index (χ1v) is 42.9. The third-order valence-corrected chi connectivity index (χ3v) is 23.8. The van der Waals surface area contributed by atoms with Gasteiger partial charge >= 0.3 is 5.97 Å². The summed E-state index contributed by atoms with van der Waals surface area (Å²) in [6.07, 6.45) is 3.29. The second-order valence-electron chi connectivity index (χ2n) is 31.8. The van der Waals surface area contributed by atoms with Gasteiger partial charge in [0.25, 0.3) is 0 Å². The van der Waals surface area contributed by atoms with Gasteiger partial charge in [-0.3, -0.25) is 76.7 Å². The lowest BCUT2D eigenvalue weighted by Gasteiger charge is -2.36. The van der Waals surface area contributed by atoms with Crippen molar-refractivity contribution in [1.82, 2.24) is 92.3 Å². The number of aromatic amines is 3. The number of carbonyl (C=O) groups excluding carboxylic acids is 15. The van der Waals surface area contributed by atoms with Crippen LogP contribution in [0.15, 0.2) is 97.7 Å². The number of carboxylic acids is 1. The zero-order valence-corrected chi connectivity index (χ0v) is 71.6. The van der Waals surface area contributed by atoms with E-state index in [4.69, 9.17) is 11.5 Å². The number of primary amides is 1. The number of hydrogen-bond donors (Lipinski definition) is 18. The van der Waals surface area contributed by atoms with Crippen LogP contribution >= 0.6 is 11.8 Å². The average Bonchev–Trinajstić information content (AvgIpc) is 1.79. The number of carbonyl (C=O) groups is 16. The van der Waals surface area contributed by atoms with Gasteiger partial charge < -0.3 is 119 Å². The molecule has 0 radical (unpaired) electrons. The lowest BCUT2D eigenvalue weighted by atomic mass is 10.00. The van der Waals surface area contributed by atoms with Gasteiger partial charge in [-0.15, -0.1) is 11.8 Å². The number of benzene rings is 3. The normalized spacial score (nSPS) is 25.9. The van der Waals surface area contributed by atoms with Crippen molar-refractivity contribution < 1.29 is 97.1 Å². The summed E-state index contributed by atoms with van der Waals surface area (Å²) >= 11 is 0.809. The number of aromatic nitrogens is 4. The monoisotopic (exact) mass is 1750 g/mol. The number of amides is 15. The molecule has 40 nitrogen and oxygen atoms in total. The van der Waals surface area contributed by atoms with Gasteiger partial charge in [0.1, 0.15) is 90.3 Å². The summed E-state index contributed by atoms with van der Waals surface area (Å²) in [5.74, 6) is -16.5. The number of rotatable bonds is 20. The maximum Gasteiger partial charge on any atom is 0.305 e. The number of H-pyrrole nitrogens is 3. The van der Waals surface area contributed by atoms with Crippen LogP contribution in [0.2, 0.25) is 0 Å². The third-order valence-electron chi connectivity index (χ3n) is 22.7. The van der Waals surface area contributed by atoms with Gasteiger partial charge in [0, 0.05) is 118 Å². The number of phenolic OH excluding ortho intramolecular Hbond substituents is 1. The minimum Gasteiger partial charge on any atom is -0.508 e. The molecule has 20 N–H and O–H groups in total. The van der Waals surface area contributed by atoms with Crippen LogP contribution in [0.5, 0.6) is 5.75 Å². The molecule has 3 aliphatic rings. The fourth-order valence-corrected chi connectivity index (χ4v) is 16.4. The van der Waals surface area contributed by atoms with E-state index in [1.165, 1.54) is 71.8 Å². The number of thioether (sulfide) groups is 1. The maximum absolute atomic E-state index is 15.5. The summed E-state index contributed by atoms with van der Waals surface area (Å²) in [6.45, 7) is 4.43. The number of likely N-dealkylation sites (N-methyl/N-ethyl adjacent to an activating group) is 3. The van der Waals surface area contributed by atoms with E-state index in [9.17, 15) is 68.4 Å². The molecule has 3 aromatic heterocycles. The number of aliphatic carboxylic acids is 1. The van der Waals surface area contributed by atoms with E-state index >= 15 is 28.8 Å². The first-order valence-electron chi connectivity index (χ1n) is 41.7. The number of aliphatic hydroxyl groups is 2. The fourth-order valence-electron chi connectivity index (χ4n) is 15.6. The molecule has 125 heavy (non-hydrogen) atoms. The number of carboxylic acid groups (broad SMARTS) is 1. The van der Waals surface area contributed by atoms with E-state index in [0.29, 0.717) is 63.5 Å². The highest BCUT2D eigenvalue weighted by atomic mass is 32.2. The van der Waals surface area contributed by atoms with Crippen molar-refractivity contribution >= 4 is 128 Å². The predicted molar refractivity (Wildman–Crippen MR) is 456 cm³/mol. The van der Waals surface area contributed by atoms with Crippen molar-refractivity contribution in [1.29, 1.82) is 0 Å². The smallest absolute Gasteiger partial charge is 0.305 e. The Morgan fingerprint density at radius 1 is 0.544 bits per heavy atom. The van der Waals surface area contributed by atoms with Crippen molar-refractivity contribution in [2.24, 2.45) is 11.5 Å². The predicted octanol–water partition coefficient (Wildman–Crippen LogP) is -2.39. The van der Waals surface area contributed by atoms with E-state index in [0.717, 1.165) is 36.3 Å². The number of para-hydroxylation sites is 2. The lowest BCUT2D eigenvalue weighted by molar-refractivity contribution is -0.149. The van der Waals surface area contributed by atoms with Crippen LogP contribution in [-0.2, 0) is 102 Å². The molecular formula is C84H114N20O20S. The molecule has 15 amide bonds. The molecule has 3 fully saturated rings. The van der Waals surface area contributed by atoms with Crippen molar-refractivity contribution in [3.05, 3.63) is 120 Å². The van der Waals surface area contributed by atoms with E-state index in [2.05, 4.69) is 67.8 Å². The van der Waals surface area contributed by atoms with Crippen LogP contribution in [0.3, 0.4) is 0 Å². The number of nitrogens with zero attached hydrogens (tertiary/aromatic N) is 6. The summed E-state index contributed by atoms with van der Waals surface area (Å²) in [5.41, 5.74) is 14.8. The molecule has 41 heteroatoms. The number of phenols is 1. The number of nitrogens with one attached hydrogen (secondary N) is 12. The summed E-state index contributed by atoms with van der Waals surface area (Å²) in [5, 5.41) is 67.7. The first-order chi connectivity index (χ1) is 59.6. The fraction of sp³-hybridized carbons (Fsp3) is 0.512. The van der Waals surface area contributed by atoms with Gasteiger partial charge in [0.15, 0.2) is 0 Å². The number of aromatic hydroxyl groups is 1. The molecule has 6 aromatic rings. The Hall–Kier alpha value is -12.5. The molecule has 15 unspecified atom stereocenters. The Kier molecular flexibility index (Phi) is 34.9. The van der Waals surface area contributed by atoms with Crippen LogP contribution in [0.25, 0.3) is 21.8 Å². The highest BCUT2D eigenvalue weighted by Crippen LogP contribution is 2.28. The number of fused-ring (bicyclic) bond motifs is 4. The van der Waals surface area contributed by atoms with Crippen LogP contribution in [0.4, 0.5) is 0 Å². The molecule has 0 bridgehead atoms. The van der Waals surface area contributed by atoms with Crippen LogP contribution in [-0.4, -0.2) is 309 Å². The van der Waals surface area contributed by atoms with Crippen molar-refractivity contribution in [2.75, 3.05) is 58.9 Å². The number of aliphatic hydroxyl groups excluding tert-OH is 2. The van der Waals surface area contributed by atoms with Crippen molar-refractivity contribution in [3.63, 3.8) is 0 Å². The van der Waals surface area contributed by atoms with Crippen LogP contribution in [0, 0.1) is 0 Å². The number of nitrogens with two attached hydrogens (primary N) is 2. The molecule has 3 aliphatic heterocycles. The summed E-state index contributed by atoms with van der Waals surface area (Å²) in [7, 11) is 3.91. The zero-order chi connectivity index (χ0) is 91.0. The molecule has 9 rings (SSSR count). The Morgan fingerprint density at radius 3 is 1.70 bits per heavy atom. The first kappa shape index (κ1) is 96.3. The molecule has 15 atom stereocenters. The molecule has 0 spiro atoms. The SMILES string of the molecule is CCCCC1C(=O)N(C)C(CCC)C(=O)NC(C)C(=O)NC(C(N)=O)CSCC(=O)NC(Cc2ccc(O)cc2)C(=O)N(C)C(C)C(=O)NC(CC(=O)O)C(=O)N2CCCC2C(=O)NC(Cc2cnc[nH]2)C(=O)NC(CCCN)C(=O)N2CC(O)CC2C(=O)NC(Cc2c[nH]c3ccccc23)C(=O)NC(CO)C(=O)NC(Cc2c[nH]c3ccccc23)C(=O)N1C. The molecule has 3 saturated heterocycles. The minimum atomic E-state index is -1.88. The number of unbranched alkanes of at least 4 members (excludes halogenated alkanes) is 1. The second-order valence-corrected chi connectivity index (χ2v) is 32.8. The topological polar surface area (TPSA) is 591 Å². The molecule has 3 aromatic carbocycles. The minimum absolute atomic E-state index is 0.0203.